The number of para-hydroxylation sites is 1. The SMILES string of the molecule is COc1ccc(CC(OC(C)C)C(=O)O)cc1C(C)NC(=O)c1cc(C)n(-c2ccccc2)n1. The third kappa shape index (κ3) is 6.02. The van der Waals surface area contributed by atoms with Gasteiger partial charge < -0.3 is 19.9 Å². The zero-order chi connectivity index (χ0) is 24.8. The zero-order valence-corrected chi connectivity index (χ0v) is 20.1. The average molecular weight is 466 g/mol. The van der Waals surface area contributed by atoms with Gasteiger partial charge in [0.05, 0.1) is 24.9 Å². The number of nitrogens with one attached hydrogen (secondary N) is 1. The first-order valence-corrected chi connectivity index (χ1v) is 11.2. The van der Waals surface area contributed by atoms with Gasteiger partial charge in [-0.1, -0.05) is 24.3 Å². The number of carboxylic acid groups (broad SMARTS) is 1. The van der Waals surface area contributed by atoms with E-state index in [0.717, 1.165) is 22.5 Å². The molecule has 2 aromatic carbocycles. The number of benzene rings is 2. The summed E-state index contributed by atoms with van der Waals surface area (Å²) in [5, 5.41) is 16.9. The normalized spacial score (nSPS) is 12.9. The van der Waals surface area contributed by atoms with E-state index in [-0.39, 0.29) is 18.4 Å². The maximum atomic E-state index is 13.0. The van der Waals surface area contributed by atoms with Crippen molar-refractivity contribution in [2.75, 3.05) is 7.11 Å². The maximum Gasteiger partial charge on any atom is 0.333 e. The van der Waals surface area contributed by atoms with Crippen LogP contribution in [0.4, 0.5) is 0 Å². The third-order valence-corrected chi connectivity index (χ3v) is 5.36. The molecule has 0 aliphatic carbocycles. The van der Waals surface area contributed by atoms with Gasteiger partial charge in [0, 0.05) is 17.7 Å². The smallest absolute Gasteiger partial charge is 0.333 e. The topological polar surface area (TPSA) is 103 Å². The molecule has 180 valence electrons. The van der Waals surface area contributed by atoms with Gasteiger partial charge in [-0.05, 0) is 63.6 Å². The lowest BCUT2D eigenvalue weighted by atomic mass is 10.00. The third-order valence-electron chi connectivity index (χ3n) is 5.36. The van der Waals surface area contributed by atoms with E-state index in [9.17, 15) is 14.7 Å². The first-order valence-electron chi connectivity index (χ1n) is 11.2. The lowest BCUT2D eigenvalue weighted by Gasteiger charge is -2.20. The molecular formula is C26H31N3O5. The Morgan fingerprint density at radius 3 is 2.41 bits per heavy atom. The Morgan fingerprint density at radius 1 is 1.09 bits per heavy atom. The molecule has 1 aromatic heterocycles. The van der Waals surface area contributed by atoms with Gasteiger partial charge in [0.1, 0.15) is 5.75 Å². The van der Waals surface area contributed by atoms with Gasteiger partial charge in [-0.25, -0.2) is 9.48 Å². The second-order valence-electron chi connectivity index (χ2n) is 8.41. The molecule has 0 bridgehead atoms. The van der Waals surface area contributed by atoms with Crippen LogP contribution in [0, 0.1) is 6.92 Å². The number of ether oxygens (including phenoxy) is 2. The molecular weight excluding hydrogens is 434 g/mol. The summed E-state index contributed by atoms with van der Waals surface area (Å²) < 4.78 is 12.7. The fourth-order valence-corrected chi connectivity index (χ4v) is 3.75. The molecule has 0 spiro atoms. The summed E-state index contributed by atoms with van der Waals surface area (Å²) in [6.07, 6.45) is -0.974. The molecule has 0 radical (unpaired) electrons. The highest BCUT2D eigenvalue weighted by atomic mass is 16.5. The van der Waals surface area contributed by atoms with E-state index in [2.05, 4.69) is 10.4 Å². The van der Waals surface area contributed by atoms with Crippen LogP contribution < -0.4 is 10.1 Å². The number of aromatic nitrogens is 2. The van der Waals surface area contributed by atoms with Crippen LogP contribution in [0.25, 0.3) is 5.69 Å². The molecule has 2 N–H and O–H groups in total. The number of aliphatic carboxylic acids is 1. The van der Waals surface area contributed by atoms with Crippen molar-refractivity contribution in [3.05, 3.63) is 77.1 Å². The fraction of sp³-hybridized carbons (Fsp3) is 0.346. The van der Waals surface area contributed by atoms with Crippen LogP contribution in [0.5, 0.6) is 5.75 Å². The number of carbonyl (C=O) groups excluding carboxylic acids is 1. The van der Waals surface area contributed by atoms with Crippen LogP contribution in [-0.4, -0.2) is 46.1 Å². The van der Waals surface area contributed by atoms with E-state index in [1.807, 2.05) is 50.2 Å². The second-order valence-corrected chi connectivity index (χ2v) is 8.41. The molecule has 0 fully saturated rings. The van der Waals surface area contributed by atoms with Crippen LogP contribution >= 0.6 is 0 Å². The number of carboxylic acids is 1. The summed E-state index contributed by atoms with van der Waals surface area (Å²) in [5.41, 5.74) is 3.53. The molecule has 2 unspecified atom stereocenters. The molecule has 1 heterocycles. The van der Waals surface area contributed by atoms with Crippen molar-refractivity contribution in [2.24, 2.45) is 0 Å². The summed E-state index contributed by atoms with van der Waals surface area (Å²) in [5.74, 6) is -0.736. The predicted octanol–water partition coefficient (Wildman–Crippen LogP) is 4.10. The van der Waals surface area contributed by atoms with Crippen LogP contribution in [-0.2, 0) is 16.0 Å². The number of amides is 1. The molecule has 0 aliphatic heterocycles. The monoisotopic (exact) mass is 465 g/mol. The largest absolute Gasteiger partial charge is 0.496 e. The summed E-state index contributed by atoms with van der Waals surface area (Å²) in [4.78, 5) is 24.6. The lowest BCUT2D eigenvalue weighted by Crippen LogP contribution is -2.29. The average Bonchev–Trinajstić information content (AvgIpc) is 3.20. The van der Waals surface area contributed by atoms with Crippen molar-refractivity contribution in [2.45, 2.75) is 52.4 Å². The minimum atomic E-state index is -1.02. The second kappa shape index (κ2) is 11.0. The van der Waals surface area contributed by atoms with Crippen LogP contribution in [0.1, 0.15) is 54.1 Å². The highest BCUT2D eigenvalue weighted by Crippen LogP contribution is 2.27. The molecule has 0 aliphatic rings. The van der Waals surface area contributed by atoms with Crippen molar-refractivity contribution in [1.82, 2.24) is 15.1 Å². The van der Waals surface area contributed by atoms with Gasteiger partial charge in [-0.2, -0.15) is 5.10 Å². The molecule has 8 heteroatoms. The maximum absolute atomic E-state index is 13.0. The van der Waals surface area contributed by atoms with Gasteiger partial charge in [0.25, 0.3) is 5.91 Å². The van der Waals surface area contributed by atoms with Crippen LogP contribution in [0.2, 0.25) is 0 Å². The van der Waals surface area contributed by atoms with Gasteiger partial charge >= 0.3 is 5.97 Å². The minimum absolute atomic E-state index is 0.200. The Bertz CT molecular complexity index is 1140. The Balaban J connectivity index is 1.80. The Hall–Kier alpha value is -3.65. The van der Waals surface area contributed by atoms with E-state index in [1.54, 1.807) is 43.8 Å². The fourth-order valence-electron chi connectivity index (χ4n) is 3.75. The minimum Gasteiger partial charge on any atom is -0.496 e. The molecule has 3 aromatic rings. The lowest BCUT2D eigenvalue weighted by molar-refractivity contribution is -0.153. The van der Waals surface area contributed by atoms with E-state index in [1.165, 1.54) is 0 Å². The number of carbonyl (C=O) groups is 2. The molecule has 1 amide bonds. The molecule has 8 nitrogen and oxygen atoms in total. The Labute approximate surface area is 199 Å². The first kappa shape index (κ1) is 25.0. The Morgan fingerprint density at radius 2 is 1.79 bits per heavy atom. The number of hydrogen-bond acceptors (Lipinski definition) is 5. The Kier molecular flexibility index (Phi) is 8.07. The zero-order valence-electron chi connectivity index (χ0n) is 20.1. The van der Waals surface area contributed by atoms with Gasteiger partial charge in [0.15, 0.2) is 11.8 Å². The van der Waals surface area contributed by atoms with Crippen molar-refractivity contribution in [1.29, 1.82) is 0 Å². The molecule has 3 rings (SSSR count). The summed E-state index contributed by atoms with van der Waals surface area (Å²) >= 11 is 0. The van der Waals surface area contributed by atoms with Crippen molar-refractivity contribution in [3.63, 3.8) is 0 Å². The highest BCUT2D eigenvalue weighted by Gasteiger charge is 2.23. The van der Waals surface area contributed by atoms with Crippen LogP contribution in [0.3, 0.4) is 0 Å². The van der Waals surface area contributed by atoms with Crippen molar-refractivity contribution < 1.29 is 24.2 Å². The van der Waals surface area contributed by atoms with E-state index >= 15 is 0 Å². The van der Waals surface area contributed by atoms with Gasteiger partial charge in [0.2, 0.25) is 0 Å². The number of rotatable bonds is 10. The van der Waals surface area contributed by atoms with Crippen LogP contribution in [0.15, 0.2) is 54.6 Å². The number of nitrogens with zero attached hydrogens (tertiary/aromatic N) is 2. The van der Waals surface area contributed by atoms with Gasteiger partial charge in [-0.3, -0.25) is 4.79 Å². The highest BCUT2D eigenvalue weighted by molar-refractivity contribution is 5.92. The van der Waals surface area contributed by atoms with E-state index < -0.39 is 18.1 Å². The quantitative estimate of drug-likeness (QED) is 0.467. The molecule has 0 saturated carbocycles. The van der Waals surface area contributed by atoms with Crippen molar-refractivity contribution >= 4 is 11.9 Å². The predicted molar refractivity (Wildman–Crippen MR) is 129 cm³/mol. The first-order chi connectivity index (χ1) is 16.2. The molecule has 34 heavy (non-hydrogen) atoms. The number of aryl methyl sites for hydroxylation is 1. The summed E-state index contributed by atoms with van der Waals surface area (Å²) in [6, 6.07) is 16.4. The molecule has 2 atom stereocenters. The van der Waals surface area contributed by atoms with Gasteiger partial charge in [-0.15, -0.1) is 0 Å². The number of methoxy groups -OCH3 is 1. The molecule has 0 saturated heterocycles. The summed E-state index contributed by atoms with van der Waals surface area (Å²) in [7, 11) is 1.56. The standard InChI is InChI=1S/C26H31N3O5/c1-16(2)34-24(26(31)32)15-19-11-12-23(33-5)21(14-19)18(4)27-25(30)22-13-17(3)29(28-22)20-9-7-6-8-10-20/h6-14,16,18,24H,15H2,1-5H3,(H,27,30)(H,31,32). The number of hydrogen-bond donors (Lipinski definition) is 2. The summed E-state index contributed by atoms with van der Waals surface area (Å²) in [6.45, 7) is 7.34. The van der Waals surface area contributed by atoms with E-state index in [0.29, 0.717) is 11.4 Å². The van der Waals surface area contributed by atoms with Crippen molar-refractivity contribution in [3.8, 4) is 11.4 Å². The van der Waals surface area contributed by atoms with E-state index in [4.69, 9.17) is 9.47 Å².